The van der Waals surface area contributed by atoms with Crippen LogP contribution in [0, 0.1) is 0 Å². The van der Waals surface area contributed by atoms with Crippen molar-refractivity contribution < 1.29 is 13.2 Å². The second-order valence-electron chi connectivity index (χ2n) is 5.21. The van der Waals surface area contributed by atoms with Crippen molar-refractivity contribution in [3.63, 3.8) is 0 Å². The van der Waals surface area contributed by atoms with Crippen molar-refractivity contribution in [2.24, 2.45) is 5.73 Å². The summed E-state index contributed by atoms with van der Waals surface area (Å²) < 4.78 is 38.4. The molecular weight excluding hydrogens is 301 g/mol. The summed E-state index contributed by atoms with van der Waals surface area (Å²) in [6, 6.07) is 5.20. The highest BCUT2D eigenvalue weighted by atomic mass is 35.5. The van der Waals surface area contributed by atoms with E-state index >= 15 is 0 Å². The molecule has 1 aliphatic carbocycles. The molecule has 0 aliphatic heterocycles. The maximum atomic E-state index is 12.8. The molecular formula is C15H12ClF3N2. The van der Waals surface area contributed by atoms with Crippen LogP contribution in [0.3, 0.4) is 0 Å². The highest BCUT2D eigenvalue weighted by Gasteiger charge is 2.35. The first-order chi connectivity index (χ1) is 9.86. The number of rotatable bonds is 2. The van der Waals surface area contributed by atoms with Crippen LogP contribution in [0.2, 0.25) is 5.02 Å². The zero-order valence-corrected chi connectivity index (χ0v) is 11.6. The summed E-state index contributed by atoms with van der Waals surface area (Å²) in [4.78, 5) is 4.09. The fourth-order valence-electron chi connectivity index (χ4n) is 2.33. The van der Waals surface area contributed by atoms with Crippen LogP contribution in [0.15, 0.2) is 36.7 Å². The Morgan fingerprint density at radius 2 is 1.90 bits per heavy atom. The van der Waals surface area contributed by atoms with Crippen LogP contribution < -0.4 is 5.73 Å². The molecule has 0 saturated heterocycles. The number of hydrogen-bond acceptors (Lipinski definition) is 2. The van der Waals surface area contributed by atoms with Crippen molar-refractivity contribution in [2.75, 3.05) is 0 Å². The predicted octanol–water partition coefficient (Wildman–Crippen LogP) is 4.24. The van der Waals surface area contributed by atoms with Crippen molar-refractivity contribution >= 4 is 11.6 Å². The molecule has 1 aromatic heterocycles. The summed E-state index contributed by atoms with van der Waals surface area (Å²) in [5.74, 6) is 0.238. The lowest BCUT2D eigenvalue weighted by molar-refractivity contribution is -0.137. The molecule has 1 aliphatic rings. The van der Waals surface area contributed by atoms with Crippen LogP contribution in [0.4, 0.5) is 13.2 Å². The van der Waals surface area contributed by atoms with Gasteiger partial charge in [-0.3, -0.25) is 4.98 Å². The number of alkyl halides is 3. The van der Waals surface area contributed by atoms with Gasteiger partial charge in [-0.05, 0) is 36.2 Å². The molecule has 0 bridgehead atoms. The Morgan fingerprint density at radius 3 is 2.52 bits per heavy atom. The lowest BCUT2D eigenvalue weighted by Crippen LogP contribution is -2.05. The molecule has 2 nitrogen and oxygen atoms in total. The number of aromatic nitrogens is 1. The molecule has 2 atom stereocenters. The van der Waals surface area contributed by atoms with Gasteiger partial charge in [-0.2, -0.15) is 13.2 Å². The molecule has 3 rings (SSSR count). The summed E-state index contributed by atoms with van der Waals surface area (Å²) in [7, 11) is 0. The van der Waals surface area contributed by atoms with Crippen molar-refractivity contribution in [3.8, 4) is 11.1 Å². The number of nitrogens with zero attached hydrogens (tertiary/aromatic N) is 1. The van der Waals surface area contributed by atoms with Crippen molar-refractivity contribution in [3.05, 3.63) is 52.8 Å². The molecule has 0 amide bonds. The fourth-order valence-corrected chi connectivity index (χ4v) is 2.56. The average molecular weight is 313 g/mol. The van der Waals surface area contributed by atoms with E-state index in [4.69, 9.17) is 17.3 Å². The first kappa shape index (κ1) is 14.4. The normalized spacial score (nSPS) is 21.4. The van der Waals surface area contributed by atoms with E-state index in [-0.39, 0.29) is 17.0 Å². The van der Waals surface area contributed by atoms with Crippen molar-refractivity contribution in [1.82, 2.24) is 4.98 Å². The standard InChI is InChI=1S/C15H12ClF3N2/c16-13-2-1-10(15(17,18)19)4-11(13)8-3-9(7-21-6-8)12-5-14(12)20/h1-4,6-7,12,14H,5,20H2/t12-,14+/m0/s1. The quantitative estimate of drug-likeness (QED) is 0.901. The minimum Gasteiger partial charge on any atom is -0.327 e. The lowest BCUT2D eigenvalue weighted by Gasteiger charge is -2.11. The van der Waals surface area contributed by atoms with Gasteiger partial charge in [-0.1, -0.05) is 11.6 Å². The molecule has 1 fully saturated rings. The number of nitrogens with two attached hydrogens (primary N) is 1. The van der Waals surface area contributed by atoms with Gasteiger partial charge in [-0.25, -0.2) is 0 Å². The van der Waals surface area contributed by atoms with Gasteiger partial charge < -0.3 is 5.73 Å². The molecule has 1 heterocycles. The highest BCUT2D eigenvalue weighted by molar-refractivity contribution is 6.33. The molecule has 0 spiro atoms. The van der Waals surface area contributed by atoms with Crippen LogP contribution in [0.5, 0.6) is 0 Å². The summed E-state index contributed by atoms with van der Waals surface area (Å²) in [5.41, 5.74) is 6.91. The third kappa shape index (κ3) is 2.89. The van der Waals surface area contributed by atoms with E-state index < -0.39 is 11.7 Å². The topological polar surface area (TPSA) is 38.9 Å². The van der Waals surface area contributed by atoms with Crippen molar-refractivity contribution in [2.45, 2.75) is 24.6 Å². The van der Waals surface area contributed by atoms with Gasteiger partial charge in [0.15, 0.2) is 0 Å². The number of halogens is 4. The van der Waals surface area contributed by atoms with Gasteiger partial charge in [0.1, 0.15) is 0 Å². The average Bonchev–Trinajstić information content (AvgIpc) is 3.15. The summed E-state index contributed by atoms with van der Waals surface area (Å²) in [5, 5.41) is 0.266. The Morgan fingerprint density at radius 1 is 1.19 bits per heavy atom. The zero-order valence-electron chi connectivity index (χ0n) is 10.9. The summed E-state index contributed by atoms with van der Waals surface area (Å²) >= 11 is 6.04. The summed E-state index contributed by atoms with van der Waals surface area (Å²) in [6.07, 6.45) is -0.313. The molecule has 2 aromatic rings. The van der Waals surface area contributed by atoms with E-state index in [1.54, 1.807) is 6.20 Å². The van der Waals surface area contributed by atoms with Gasteiger partial charge in [0.25, 0.3) is 0 Å². The lowest BCUT2D eigenvalue weighted by atomic mass is 10.0. The van der Waals surface area contributed by atoms with E-state index in [0.717, 1.165) is 24.1 Å². The van der Waals surface area contributed by atoms with Gasteiger partial charge in [0.2, 0.25) is 0 Å². The Hall–Kier alpha value is -1.59. The van der Waals surface area contributed by atoms with E-state index in [9.17, 15) is 13.2 Å². The Balaban J connectivity index is 2.03. The van der Waals surface area contributed by atoms with E-state index in [0.29, 0.717) is 11.1 Å². The molecule has 6 heteroatoms. The summed E-state index contributed by atoms with van der Waals surface area (Å²) in [6.45, 7) is 0. The second-order valence-corrected chi connectivity index (χ2v) is 5.61. The van der Waals surface area contributed by atoms with E-state index in [1.807, 2.05) is 6.07 Å². The van der Waals surface area contributed by atoms with Gasteiger partial charge in [0, 0.05) is 40.5 Å². The molecule has 1 saturated carbocycles. The first-order valence-electron chi connectivity index (χ1n) is 6.44. The number of hydrogen-bond donors (Lipinski definition) is 1. The van der Waals surface area contributed by atoms with Crippen molar-refractivity contribution in [1.29, 1.82) is 0 Å². The van der Waals surface area contributed by atoms with Gasteiger partial charge >= 0.3 is 6.18 Å². The second kappa shape index (κ2) is 5.00. The highest BCUT2D eigenvalue weighted by Crippen LogP contribution is 2.41. The number of pyridine rings is 1. The van der Waals surface area contributed by atoms with Crippen LogP contribution in [-0.2, 0) is 6.18 Å². The van der Waals surface area contributed by atoms with Crippen LogP contribution in [0.25, 0.3) is 11.1 Å². The molecule has 0 unspecified atom stereocenters. The number of benzene rings is 1. The molecule has 110 valence electrons. The monoisotopic (exact) mass is 312 g/mol. The third-order valence-electron chi connectivity index (χ3n) is 3.63. The Labute approximate surface area is 124 Å². The minimum absolute atomic E-state index is 0.110. The van der Waals surface area contributed by atoms with Gasteiger partial charge in [-0.15, -0.1) is 0 Å². The largest absolute Gasteiger partial charge is 0.416 e. The fraction of sp³-hybridized carbons (Fsp3) is 0.267. The maximum Gasteiger partial charge on any atom is 0.416 e. The smallest absolute Gasteiger partial charge is 0.327 e. The molecule has 0 radical (unpaired) electrons. The van der Waals surface area contributed by atoms with Gasteiger partial charge in [0.05, 0.1) is 5.56 Å². The van der Waals surface area contributed by atoms with Crippen LogP contribution in [-0.4, -0.2) is 11.0 Å². The maximum absolute atomic E-state index is 12.8. The molecule has 2 N–H and O–H groups in total. The Kier molecular flexibility index (Phi) is 3.42. The predicted molar refractivity (Wildman–Crippen MR) is 75.0 cm³/mol. The first-order valence-corrected chi connectivity index (χ1v) is 6.81. The Bertz CT molecular complexity index is 685. The minimum atomic E-state index is -4.40. The van der Waals surface area contributed by atoms with Crippen LogP contribution in [0.1, 0.15) is 23.5 Å². The van der Waals surface area contributed by atoms with E-state index in [1.165, 1.54) is 12.3 Å². The SMILES string of the molecule is N[C@@H]1C[C@H]1c1cncc(-c2cc(C(F)(F)F)ccc2Cl)c1. The zero-order chi connectivity index (χ0) is 15.2. The van der Waals surface area contributed by atoms with Crippen LogP contribution >= 0.6 is 11.6 Å². The third-order valence-corrected chi connectivity index (χ3v) is 3.96. The molecule has 1 aromatic carbocycles. The van der Waals surface area contributed by atoms with E-state index in [2.05, 4.69) is 4.98 Å². The molecule has 21 heavy (non-hydrogen) atoms.